The van der Waals surface area contributed by atoms with Crippen molar-refractivity contribution in [3.63, 3.8) is 0 Å². The summed E-state index contributed by atoms with van der Waals surface area (Å²) < 4.78 is 16.6. The maximum Gasteiger partial charge on any atom is 0.161 e. The van der Waals surface area contributed by atoms with E-state index in [-0.39, 0.29) is 18.4 Å². The summed E-state index contributed by atoms with van der Waals surface area (Å²) in [6, 6.07) is 12.9. The molecule has 6 heteroatoms. The van der Waals surface area contributed by atoms with E-state index in [2.05, 4.69) is 48.3 Å². The molecule has 5 rings (SSSR count). The van der Waals surface area contributed by atoms with Crippen molar-refractivity contribution in [3.05, 3.63) is 58.7 Å². The first-order chi connectivity index (χ1) is 14.1. The van der Waals surface area contributed by atoms with Gasteiger partial charge in [0.15, 0.2) is 11.5 Å². The molecule has 2 N–H and O–H groups in total. The molecule has 0 radical (unpaired) electrons. The number of epoxide rings is 1. The summed E-state index contributed by atoms with van der Waals surface area (Å²) in [4.78, 5) is 7.61. The minimum Gasteiger partial charge on any atom is -0.493 e. The van der Waals surface area contributed by atoms with Crippen LogP contribution < -0.4 is 15.2 Å². The van der Waals surface area contributed by atoms with E-state index in [1.54, 1.807) is 14.2 Å². The van der Waals surface area contributed by atoms with Crippen molar-refractivity contribution in [1.29, 1.82) is 0 Å². The van der Waals surface area contributed by atoms with Gasteiger partial charge in [-0.15, -0.1) is 0 Å². The van der Waals surface area contributed by atoms with Crippen molar-refractivity contribution in [3.8, 4) is 11.5 Å². The average Bonchev–Trinajstić information content (AvgIpc) is 3.49. The van der Waals surface area contributed by atoms with Crippen LogP contribution in [0, 0.1) is 0 Å². The number of methoxy groups -OCH3 is 2. The van der Waals surface area contributed by atoms with Crippen LogP contribution in [0.25, 0.3) is 0 Å². The van der Waals surface area contributed by atoms with Gasteiger partial charge in [-0.25, -0.2) is 0 Å². The van der Waals surface area contributed by atoms with Gasteiger partial charge in [0.05, 0.1) is 26.0 Å². The lowest BCUT2D eigenvalue weighted by molar-refractivity contribution is 0.227. The molecule has 6 nitrogen and oxygen atoms in total. The van der Waals surface area contributed by atoms with Crippen LogP contribution in [0.2, 0.25) is 0 Å². The van der Waals surface area contributed by atoms with E-state index in [1.807, 2.05) is 0 Å². The number of ether oxygens (including phenoxy) is 3. The third-order valence-corrected chi connectivity index (χ3v) is 6.32. The molecule has 3 heterocycles. The van der Waals surface area contributed by atoms with E-state index in [4.69, 9.17) is 24.9 Å². The number of rotatable bonds is 4. The Balaban J connectivity index is 1.60. The van der Waals surface area contributed by atoms with Gasteiger partial charge in [-0.3, -0.25) is 4.99 Å². The fraction of sp³-hybridized carbons (Fsp3) is 0.435. The number of fused-ring (bicyclic) bond motifs is 3. The highest BCUT2D eigenvalue weighted by molar-refractivity contribution is 6.15. The monoisotopic (exact) mass is 393 g/mol. The lowest BCUT2D eigenvalue weighted by Crippen LogP contribution is -2.41. The number of nitrogens with zero attached hydrogens (tertiary/aromatic N) is 2. The van der Waals surface area contributed by atoms with Crippen LogP contribution in [-0.4, -0.2) is 57.2 Å². The SMILES string of the molecule is COc1cc2c(cc1OC)[C@H]1CN(C)CC[C@H]1N=C2c1ccc(C2OC2N)cc1. The molecule has 2 unspecified atom stereocenters. The van der Waals surface area contributed by atoms with Gasteiger partial charge in [-0.1, -0.05) is 24.3 Å². The quantitative estimate of drug-likeness (QED) is 0.809. The smallest absolute Gasteiger partial charge is 0.161 e. The number of hydrogen-bond donors (Lipinski definition) is 1. The molecule has 4 atom stereocenters. The van der Waals surface area contributed by atoms with Crippen LogP contribution in [0.15, 0.2) is 41.4 Å². The fourth-order valence-electron chi connectivity index (χ4n) is 4.66. The molecule has 0 saturated carbocycles. The van der Waals surface area contributed by atoms with E-state index >= 15 is 0 Å². The maximum atomic E-state index is 5.81. The van der Waals surface area contributed by atoms with Crippen LogP contribution in [0.5, 0.6) is 11.5 Å². The van der Waals surface area contributed by atoms with Crippen molar-refractivity contribution in [2.24, 2.45) is 10.7 Å². The van der Waals surface area contributed by atoms with E-state index in [9.17, 15) is 0 Å². The minimum absolute atomic E-state index is 0.0206. The van der Waals surface area contributed by atoms with Crippen LogP contribution in [0.4, 0.5) is 0 Å². The maximum absolute atomic E-state index is 5.81. The molecule has 3 aliphatic heterocycles. The first kappa shape index (κ1) is 18.6. The standard InChI is InChI=1S/C23H27N3O3/c1-26-9-8-18-17(12-26)15-10-19(27-2)20(28-3)11-16(15)21(25-18)13-4-6-14(7-5-13)22-23(24)29-22/h4-7,10-11,17-18,22-23H,8-9,12,24H2,1-3H3/t17-,18-,22?,23?/m1/s1. The highest BCUT2D eigenvalue weighted by atomic mass is 16.6. The summed E-state index contributed by atoms with van der Waals surface area (Å²) in [5.41, 5.74) is 11.5. The second-order valence-electron chi connectivity index (χ2n) is 8.14. The molecule has 0 amide bonds. The van der Waals surface area contributed by atoms with Crippen molar-refractivity contribution >= 4 is 5.71 Å². The van der Waals surface area contributed by atoms with Crippen LogP contribution >= 0.6 is 0 Å². The Kier molecular flexibility index (Phi) is 4.57. The summed E-state index contributed by atoms with van der Waals surface area (Å²) in [6.45, 7) is 2.07. The van der Waals surface area contributed by atoms with Crippen LogP contribution in [0.1, 0.15) is 40.7 Å². The normalized spacial score (nSPS) is 28.2. The average molecular weight is 393 g/mol. The molecule has 152 valence electrons. The van der Waals surface area contributed by atoms with E-state index < -0.39 is 0 Å². The Morgan fingerprint density at radius 2 is 1.79 bits per heavy atom. The van der Waals surface area contributed by atoms with Crippen LogP contribution in [0.3, 0.4) is 0 Å². The summed E-state index contributed by atoms with van der Waals surface area (Å²) in [6.07, 6.45) is 0.902. The first-order valence-corrected chi connectivity index (χ1v) is 10.1. The largest absolute Gasteiger partial charge is 0.493 e. The van der Waals surface area contributed by atoms with Gasteiger partial charge < -0.3 is 24.8 Å². The zero-order valence-corrected chi connectivity index (χ0v) is 17.1. The van der Waals surface area contributed by atoms with Crippen LogP contribution in [-0.2, 0) is 4.74 Å². The number of hydrogen-bond acceptors (Lipinski definition) is 6. The highest BCUT2D eigenvalue weighted by Crippen LogP contribution is 2.42. The molecule has 0 bridgehead atoms. The molecule has 0 aliphatic carbocycles. The second kappa shape index (κ2) is 7.13. The zero-order valence-electron chi connectivity index (χ0n) is 17.1. The number of likely N-dealkylation sites (N-methyl/N-ethyl adjacent to an activating group) is 1. The Bertz CT molecular complexity index is 957. The van der Waals surface area contributed by atoms with E-state index in [0.717, 1.165) is 53.4 Å². The Morgan fingerprint density at radius 1 is 1.10 bits per heavy atom. The number of aliphatic imine (C=N–C) groups is 1. The first-order valence-electron chi connectivity index (χ1n) is 10.1. The summed E-state index contributed by atoms with van der Waals surface area (Å²) >= 11 is 0. The molecule has 3 aliphatic rings. The van der Waals surface area contributed by atoms with Crippen molar-refractivity contribution in [2.75, 3.05) is 34.4 Å². The summed E-state index contributed by atoms with van der Waals surface area (Å²) in [5, 5.41) is 0. The number of likely N-dealkylation sites (tertiary alicyclic amines) is 1. The van der Waals surface area contributed by atoms with Crippen molar-refractivity contribution < 1.29 is 14.2 Å². The molecule has 2 fully saturated rings. The lowest BCUT2D eigenvalue weighted by atomic mass is 9.79. The highest BCUT2D eigenvalue weighted by Gasteiger charge is 2.38. The van der Waals surface area contributed by atoms with Crippen molar-refractivity contribution in [1.82, 2.24) is 4.90 Å². The summed E-state index contributed by atoms with van der Waals surface area (Å²) in [5.74, 6) is 1.87. The Morgan fingerprint density at radius 3 is 2.45 bits per heavy atom. The minimum atomic E-state index is -0.176. The number of piperidine rings is 1. The molecule has 29 heavy (non-hydrogen) atoms. The van der Waals surface area contributed by atoms with Gasteiger partial charge in [-0.05, 0) is 43.3 Å². The molecule has 2 aromatic carbocycles. The molecule has 2 aromatic rings. The Hall–Kier alpha value is -2.41. The van der Waals surface area contributed by atoms with Crippen molar-refractivity contribution in [2.45, 2.75) is 30.7 Å². The predicted octanol–water partition coefficient (Wildman–Crippen LogP) is 2.70. The topological polar surface area (TPSA) is 72.6 Å². The Labute approximate surface area is 171 Å². The third kappa shape index (κ3) is 3.21. The molecular formula is C23H27N3O3. The summed E-state index contributed by atoms with van der Waals surface area (Å²) in [7, 11) is 5.55. The molecule has 2 saturated heterocycles. The molecule has 0 aromatic heterocycles. The number of benzene rings is 2. The zero-order chi connectivity index (χ0) is 20.1. The third-order valence-electron chi connectivity index (χ3n) is 6.32. The predicted molar refractivity (Wildman–Crippen MR) is 112 cm³/mol. The van der Waals surface area contributed by atoms with Gasteiger partial charge in [0, 0.05) is 23.6 Å². The number of nitrogens with two attached hydrogens (primary N) is 1. The van der Waals surface area contributed by atoms with Gasteiger partial charge >= 0.3 is 0 Å². The van der Waals surface area contributed by atoms with Gasteiger partial charge in [0.1, 0.15) is 12.3 Å². The van der Waals surface area contributed by atoms with Gasteiger partial charge in [0.25, 0.3) is 0 Å². The van der Waals surface area contributed by atoms with Gasteiger partial charge in [-0.2, -0.15) is 0 Å². The fourth-order valence-corrected chi connectivity index (χ4v) is 4.66. The molecule has 0 spiro atoms. The van der Waals surface area contributed by atoms with E-state index in [0.29, 0.717) is 5.92 Å². The lowest BCUT2D eigenvalue weighted by Gasteiger charge is -2.39. The van der Waals surface area contributed by atoms with Gasteiger partial charge in [0.2, 0.25) is 0 Å². The second-order valence-corrected chi connectivity index (χ2v) is 8.14. The molecular weight excluding hydrogens is 366 g/mol. The van der Waals surface area contributed by atoms with E-state index in [1.165, 1.54) is 5.56 Å².